The quantitative estimate of drug-likeness (QED) is 0.276. The van der Waals surface area contributed by atoms with Crippen LogP contribution in [0.3, 0.4) is 0 Å². The van der Waals surface area contributed by atoms with Crippen LogP contribution in [0, 0.1) is 6.92 Å². The molecule has 0 radical (unpaired) electrons. The highest BCUT2D eigenvalue weighted by molar-refractivity contribution is 7.14. The normalized spacial score (nSPS) is 10.9. The molecule has 4 N–H and O–H groups in total. The monoisotopic (exact) mass is 438 g/mol. The number of rotatable bonds is 6. The lowest BCUT2D eigenvalue weighted by Crippen LogP contribution is -2.01. The van der Waals surface area contributed by atoms with Crippen molar-refractivity contribution in [1.82, 2.24) is 14.4 Å². The number of benzene rings is 2. The highest BCUT2D eigenvalue weighted by atomic mass is 32.1. The fourth-order valence-electron chi connectivity index (χ4n) is 3.62. The van der Waals surface area contributed by atoms with Crippen LogP contribution >= 0.6 is 11.3 Å². The van der Waals surface area contributed by atoms with Crippen molar-refractivity contribution in [3.63, 3.8) is 0 Å². The third kappa shape index (κ3) is 3.81. The summed E-state index contributed by atoms with van der Waals surface area (Å²) in [5, 5.41) is 9.57. The summed E-state index contributed by atoms with van der Waals surface area (Å²) in [6.45, 7) is 6.18. The second kappa shape index (κ2) is 8.20. The van der Waals surface area contributed by atoms with E-state index in [1.54, 1.807) is 11.3 Å². The van der Waals surface area contributed by atoms with Crippen LogP contribution in [-0.4, -0.2) is 14.4 Å². The number of para-hydroxylation sites is 2. The Bertz CT molecular complexity index is 1430. The third-order valence-electron chi connectivity index (χ3n) is 5.16. The van der Waals surface area contributed by atoms with Crippen LogP contribution in [0.2, 0.25) is 0 Å². The molecule has 5 rings (SSSR count). The summed E-state index contributed by atoms with van der Waals surface area (Å²) in [6.07, 6.45) is 2.01. The van der Waals surface area contributed by atoms with Crippen LogP contribution in [0.15, 0.2) is 84.9 Å². The molecule has 0 amide bonds. The topological polar surface area (TPSA) is 80.3 Å². The molecule has 0 unspecified atom stereocenters. The van der Waals surface area contributed by atoms with E-state index in [2.05, 4.69) is 26.6 Å². The number of aryl methyl sites for hydroxylation is 1. The first-order chi connectivity index (χ1) is 15.6. The molecular formula is C25H22N6S. The fourth-order valence-corrected chi connectivity index (χ4v) is 4.33. The molecule has 0 aliphatic heterocycles. The number of nitrogen functional groups attached to an aromatic ring is 1. The second-order valence-corrected chi connectivity index (χ2v) is 8.27. The van der Waals surface area contributed by atoms with Gasteiger partial charge in [0, 0.05) is 23.0 Å². The van der Waals surface area contributed by atoms with Crippen molar-refractivity contribution in [2.24, 2.45) is 0 Å². The maximum atomic E-state index is 6.04. The van der Waals surface area contributed by atoms with Gasteiger partial charge in [-0.15, -0.1) is 11.3 Å². The van der Waals surface area contributed by atoms with Gasteiger partial charge in [0.2, 0.25) is 0 Å². The number of nitrogens with zero attached hydrogens (tertiary/aromatic N) is 3. The molecule has 2 aromatic carbocycles. The largest absolute Gasteiger partial charge is 0.397 e. The molecule has 0 saturated heterocycles. The van der Waals surface area contributed by atoms with Crippen molar-refractivity contribution >= 4 is 44.9 Å². The molecule has 32 heavy (non-hydrogen) atoms. The van der Waals surface area contributed by atoms with Crippen LogP contribution in [0.5, 0.6) is 0 Å². The van der Waals surface area contributed by atoms with Crippen LogP contribution in [-0.2, 0) is 0 Å². The van der Waals surface area contributed by atoms with E-state index in [1.807, 2.05) is 85.2 Å². The van der Waals surface area contributed by atoms with E-state index < -0.39 is 0 Å². The van der Waals surface area contributed by atoms with Gasteiger partial charge in [0.05, 0.1) is 22.8 Å². The number of aromatic nitrogens is 3. The summed E-state index contributed by atoms with van der Waals surface area (Å²) in [5.74, 6) is 0. The predicted molar refractivity (Wildman–Crippen MR) is 134 cm³/mol. The maximum absolute atomic E-state index is 6.04. The molecule has 158 valence electrons. The number of pyridine rings is 1. The SMILES string of the molecule is C=C(Nc1ccccc1N)c1cccc(Nc2nc(-c3c(C)nc4ccccn34)cs2)c1. The number of thiazole rings is 1. The average molecular weight is 439 g/mol. The summed E-state index contributed by atoms with van der Waals surface area (Å²) < 4.78 is 2.07. The van der Waals surface area contributed by atoms with Crippen molar-refractivity contribution < 1.29 is 0 Å². The Kier molecular flexibility index (Phi) is 5.09. The molecule has 0 aliphatic rings. The Morgan fingerprint density at radius 3 is 2.75 bits per heavy atom. The minimum Gasteiger partial charge on any atom is -0.397 e. The lowest BCUT2D eigenvalue weighted by atomic mass is 10.1. The van der Waals surface area contributed by atoms with E-state index in [4.69, 9.17) is 10.7 Å². The molecule has 7 heteroatoms. The minimum absolute atomic E-state index is 0.681. The lowest BCUT2D eigenvalue weighted by Gasteiger charge is -2.13. The number of fused-ring (bicyclic) bond motifs is 1. The van der Waals surface area contributed by atoms with Gasteiger partial charge in [0.1, 0.15) is 11.3 Å². The summed E-state index contributed by atoms with van der Waals surface area (Å²) in [6, 6.07) is 21.7. The summed E-state index contributed by atoms with van der Waals surface area (Å²) in [4.78, 5) is 9.44. The van der Waals surface area contributed by atoms with E-state index in [0.717, 1.165) is 50.5 Å². The molecule has 5 aromatic rings. The fraction of sp³-hybridized carbons (Fsp3) is 0.0400. The smallest absolute Gasteiger partial charge is 0.187 e. The van der Waals surface area contributed by atoms with Crippen molar-refractivity contribution in [2.75, 3.05) is 16.4 Å². The molecule has 0 atom stereocenters. The van der Waals surface area contributed by atoms with E-state index in [1.165, 1.54) is 0 Å². The number of nitrogens with two attached hydrogens (primary N) is 1. The van der Waals surface area contributed by atoms with Gasteiger partial charge in [-0.3, -0.25) is 4.40 Å². The van der Waals surface area contributed by atoms with E-state index in [9.17, 15) is 0 Å². The molecule has 3 heterocycles. The minimum atomic E-state index is 0.681. The van der Waals surface area contributed by atoms with Gasteiger partial charge in [0.25, 0.3) is 0 Å². The highest BCUT2D eigenvalue weighted by Crippen LogP contribution is 2.31. The maximum Gasteiger partial charge on any atom is 0.187 e. The standard InChI is InChI=1S/C25H22N6S/c1-16(27-21-11-4-3-10-20(21)26)18-8-7-9-19(14-18)29-25-30-22(15-32-25)24-17(2)28-23-12-5-6-13-31(23)24/h3-15,27H,1,26H2,2H3,(H,29,30). The van der Waals surface area contributed by atoms with Gasteiger partial charge >= 0.3 is 0 Å². The molecule has 6 nitrogen and oxygen atoms in total. The Labute approximate surface area is 190 Å². The zero-order valence-corrected chi connectivity index (χ0v) is 18.4. The number of hydrogen-bond acceptors (Lipinski definition) is 6. The van der Waals surface area contributed by atoms with Gasteiger partial charge in [-0.1, -0.05) is 36.9 Å². The first kappa shape index (κ1) is 19.8. The number of nitrogens with one attached hydrogen (secondary N) is 2. The third-order valence-corrected chi connectivity index (χ3v) is 5.92. The van der Waals surface area contributed by atoms with Gasteiger partial charge in [-0.05, 0) is 48.9 Å². The van der Waals surface area contributed by atoms with Crippen molar-refractivity contribution in [3.8, 4) is 11.4 Å². The summed E-state index contributed by atoms with van der Waals surface area (Å²) >= 11 is 1.56. The molecule has 0 bridgehead atoms. The first-order valence-electron chi connectivity index (χ1n) is 10.2. The Morgan fingerprint density at radius 2 is 1.88 bits per heavy atom. The van der Waals surface area contributed by atoms with Crippen molar-refractivity contribution in [2.45, 2.75) is 6.92 Å². The molecule has 3 aromatic heterocycles. The van der Waals surface area contributed by atoms with Crippen LogP contribution in [0.4, 0.5) is 22.2 Å². The van der Waals surface area contributed by atoms with Crippen molar-refractivity contribution in [3.05, 3.63) is 96.1 Å². The summed E-state index contributed by atoms with van der Waals surface area (Å²) in [7, 11) is 0. The Hall–Kier alpha value is -4.10. The van der Waals surface area contributed by atoms with E-state index in [-0.39, 0.29) is 0 Å². The molecule has 0 fully saturated rings. The lowest BCUT2D eigenvalue weighted by molar-refractivity contribution is 1.17. The zero-order chi connectivity index (χ0) is 22.1. The van der Waals surface area contributed by atoms with Crippen LogP contribution < -0.4 is 16.4 Å². The molecular weight excluding hydrogens is 416 g/mol. The number of imidazole rings is 1. The van der Waals surface area contributed by atoms with Gasteiger partial charge in [-0.25, -0.2) is 9.97 Å². The average Bonchev–Trinajstić information content (AvgIpc) is 3.38. The molecule has 0 saturated carbocycles. The van der Waals surface area contributed by atoms with Crippen LogP contribution in [0.1, 0.15) is 11.3 Å². The van der Waals surface area contributed by atoms with Gasteiger partial charge in [0.15, 0.2) is 5.13 Å². The van der Waals surface area contributed by atoms with Crippen molar-refractivity contribution in [1.29, 1.82) is 0 Å². The predicted octanol–water partition coefficient (Wildman–Crippen LogP) is 6.17. The number of anilines is 4. The van der Waals surface area contributed by atoms with Crippen LogP contribution in [0.25, 0.3) is 22.7 Å². The highest BCUT2D eigenvalue weighted by Gasteiger charge is 2.14. The van der Waals surface area contributed by atoms with Gasteiger partial charge in [-0.2, -0.15) is 0 Å². The Morgan fingerprint density at radius 1 is 1.03 bits per heavy atom. The first-order valence-corrected chi connectivity index (χ1v) is 11.0. The number of hydrogen-bond donors (Lipinski definition) is 3. The Balaban J connectivity index is 1.37. The summed E-state index contributed by atoms with van der Waals surface area (Å²) in [5.41, 5.74) is 14.0. The van der Waals surface area contributed by atoms with E-state index >= 15 is 0 Å². The van der Waals surface area contributed by atoms with Gasteiger partial charge < -0.3 is 16.4 Å². The van der Waals surface area contributed by atoms with E-state index in [0.29, 0.717) is 5.69 Å². The molecule has 0 aliphatic carbocycles. The molecule has 0 spiro atoms. The second-order valence-electron chi connectivity index (χ2n) is 7.41. The zero-order valence-electron chi connectivity index (χ0n) is 17.5.